The van der Waals surface area contributed by atoms with Crippen molar-refractivity contribution in [3.05, 3.63) is 64.2 Å². The summed E-state index contributed by atoms with van der Waals surface area (Å²) in [5.41, 5.74) is 0.774. The lowest BCUT2D eigenvalue weighted by molar-refractivity contribution is 0.00840. The first kappa shape index (κ1) is 17.7. The van der Waals surface area contributed by atoms with Gasteiger partial charge in [0.15, 0.2) is 11.6 Å². The molecule has 1 heterocycles. The molecule has 26 heavy (non-hydrogen) atoms. The number of hydrogen-bond donors (Lipinski definition) is 1. The Hall–Kier alpha value is -1.65. The van der Waals surface area contributed by atoms with E-state index in [2.05, 4.69) is 0 Å². The molecule has 5 heteroatoms. The van der Waals surface area contributed by atoms with E-state index >= 15 is 0 Å². The Balaban J connectivity index is 1.88. The largest absolute Gasteiger partial charge is 0.490 e. The van der Waals surface area contributed by atoms with Crippen molar-refractivity contribution in [1.29, 1.82) is 0 Å². The summed E-state index contributed by atoms with van der Waals surface area (Å²) < 4.78 is 35.0. The highest BCUT2D eigenvalue weighted by Gasteiger charge is 2.52. The van der Waals surface area contributed by atoms with E-state index < -0.39 is 17.0 Å². The Morgan fingerprint density at radius 3 is 2.58 bits per heavy atom. The zero-order valence-electron chi connectivity index (χ0n) is 14.4. The topological polar surface area (TPSA) is 29.5 Å². The summed E-state index contributed by atoms with van der Waals surface area (Å²) in [7, 11) is 0. The number of aliphatic hydroxyl groups is 1. The van der Waals surface area contributed by atoms with Crippen LogP contribution < -0.4 is 4.74 Å². The smallest absolute Gasteiger partial charge is 0.165 e. The van der Waals surface area contributed by atoms with Crippen LogP contribution in [-0.2, 0) is 11.8 Å². The van der Waals surface area contributed by atoms with Crippen molar-refractivity contribution in [2.75, 3.05) is 13.2 Å². The molecular weight excluding hydrogens is 358 g/mol. The summed E-state index contributed by atoms with van der Waals surface area (Å²) in [5, 5.41) is 10.5. The van der Waals surface area contributed by atoms with Crippen molar-refractivity contribution in [3.8, 4) is 5.75 Å². The van der Waals surface area contributed by atoms with Gasteiger partial charge in [-0.25, -0.2) is 8.78 Å². The molecule has 2 nitrogen and oxygen atoms in total. The normalized spacial score (nSPS) is 27.4. The van der Waals surface area contributed by atoms with Crippen molar-refractivity contribution in [3.63, 3.8) is 0 Å². The van der Waals surface area contributed by atoms with Crippen molar-refractivity contribution >= 4 is 11.6 Å². The van der Waals surface area contributed by atoms with Crippen molar-refractivity contribution in [2.24, 2.45) is 11.8 Å². The first-order valence-electron chi connectivity index (χ1n) is 9.02. The van der Waals surface area contributed by atoms with Crippen LogP contribution in [0.5, 0.6) is 5.75 Å². The molecule has 0 bridgehead atoms. The molecule has 0 radical (unpaired) electrons. The second kappa shape index (κ2) is 6.82. The summed E-state index contributed by atoms with van der Waals surface area (Å²) in [6.07, 6.45) is 3.06. The average Bonchev–Trinajstić information content (AvgIpc) is 2.65. The molecule has 0 aromatic heterocycles. The van der Waals surface area contributed by atoms with Gasteiger partial charge in [-0.05, 0) is 55.0 Å². The van der Waals surface area contributed by atoms with Gasteiger partial charge >= 0.3 is 0 Å². The van der Waals surface area contributed by atoms with Crippen molar-refractivity contribution in [1.82, 2.24) is 0 Å². The molecule has 2 aromatic rings. The molecule has 3 atom stereocenters. The van der Waals surface area contributed by atoms with Crippen LogP contribution in [0.3, 0.4) is 0 Å². The van der Waals surface area contributed by atoms with Gasteiger partial charge in [-0.15, -0.1) is 0 Å². The van der Waals surface area contributed by atoms with Crippen LogP contribution in [0.2, 0.25) is 5.02 Å². The predicted molar refractivity (Wildman–Crippen MR) is 96.6 cm³/mol. The number of benzene rings is 2. The van der Waals surface area contributed by atoms with Crippen LogP contribution in [-0.4, -0.2) is 18.3 Å². The van der Waals surface area contributed by atoms with Gasteiger partial charge < -0.3 is 9.84 Å². The molecule has 2 aromatic carbocycles. The number of ether oxygens (including phenoxy) is 1. The first-order chi connectivity index (χ1) is 12.5. The summed E-state index contributed by atoms with van der Waals surface area (Å²) in [4.78, 5) is 0. The lowest BCUT2D eigenvalue weighted by Crippen LogP contribution is -2.51. The number of halogens is 3. The fraction of sp³-hybridized carbons (Fsp3) is 0.429. The fourth-order valence-corrected chi connectivity index (χ4v) is 5.05. The molecule has 138 valence electrons. The third kappa shape index (κ3) is 2.80. The van der Waals surface area contributed by atoms with Crippen LogP contribution in [0.15, 0.2) is 36.4 Å². The van der Waals surface area contributed by atoms with E-state index in [4.69, 9.17) is 16.3 Å². The SMILES string of the molecule is OC[C@@H]1CCC[C@@]2(Cc3ccc(Cl)cc3)c3c(F)ccc(F)c3OCC12. The molecule has 1 unspecified atom stereocenters. The Kier molecular flexibility index (Phi) is 4.66. The summed E-state index contributed by atoms with van der Waals surface area (Å²) >= 11 is 6.00. The molecular formula is C21H21ClF2O2. The molecule has 4 rings (SSSR count). The monoisotopic (exact) mass is 378 g/mol. The first-order valence-corrected chi connectivity index (χ1v) is 9.39. The minimum absolute atomic E-state index is 0.0202. The van der Waals surface area contributed by atoms with Gasteiger partial charge in [0, 0.05) is 28.5 Å². The highest BCUT2D eigenvalue weighted by molar-refractivity contribution is 6.30. The lowest BCUT2D eigenvalue weighted by atomic mass is 9.55. The third-order valence-corrected chi connectivity index (χ3v) is 6.36. The fourth-order valence-electron chi connectivity index (χ4n) is 4.93. The maximum absolute atomic E-state index is 14.9. The maximum Gasteiger partial charge on any atom is 0.165 e. The van der Waals surface area contributed by atoms with E-state index in [0.717, 1.165) is 30.9 Å². The highest BCUT2D eigenvalue weighted by Crippen LogP contribution is 2.55. The van der Waals surface area contributed by atoms with E-state index in [9.17, 15) is 13.9 Å². The van der Waals surface area contributed by atoms with E-state index in [1.165, 1.54) is 6.07 Å². The summed E-state index contributed by atoms with van der Waals surface area (Å²) in [5.74, 6) is -0.957. The Labute approximate surface area is 156 Å². The van der Waals surface area contributed by atoms with E-state index in [1.807, 2.05) is 24.3 Å². The van der Waals surface area contributed by atoms with E-state index in [0.29, 0.717) is 23.6 Å². The standard InChI is InChI=1S/C21H21ClF2O2/c22-15-5-3-13(4-6-15)10-21-9-1-2-14(11-25)16(21)12-26-20-18(24)8-7-17(23)19(20)21/h3-8,14,16,25H,1-2,9-12H2/t14-,16?,21-/m0/s1. The maximum atomic E-state index is 14.9. The quantitative estimate of drug-likeness (QED) is 0.823. The van der Waals surface area contributed by atoms with Crippen LogP contribution >= 0.6 is 11.6 Å². The number of rotatable bonds is 3. The predicted octanol–water partition coefficient (Wildman–Crippen LogP) is 4.90. The number of fused-ring (bicyclic) bond motifs is 3. The number of aliphatic hydroxyl groups excluding tert-OH is 1. The second-order valence-electron chi connectivity index (χ2n) is 7.45. The van der Waals surface area contributed by atoms with Gasteiger partial charge in [0.2, 0.25) is 0 Å². The molecule has 1 aliphatic heterocycles. The molecule has 1 N–H and O–H groups in total. The Bertz CT molecular complexity index is 808. The third-order valence-electron chi connectivity index (χ3n) is 6.11. The van der Waals surface area contributed by atoms with Crippen LogP contribution in [0.1, 0.15) is 30.4 Å². The molecule has 0 saturated heterocycles. The molecule has 2 aliphatic rings. The van der Waals surface area contributed by atoms with E-state index in [-0.39, 0.29) is 24.2 Å². The number of hydrogen-bond acceptors (Lipinski definition) is 2. The van der Waals surface area contributed by atoms with Crippen LogP contribution in [0.25, 0.3) is 0 Å². The van der Waals surface area contributed by atoms with Crippen molar-refractivity contribution in [2.45, 2.75) is 31.1 Å². The average molecular weight is 379 g/mol. The van der Waals surface area contributed by atoms with Gasteiger partial charge in [-0.2, -0.15) is 0 Å². The summed E-state index contributed by atoms with van der Waals surface area (Å²) in [6, 6.07) is 9.81. The van der Waals surface area contributed by atoms with Gasteiger partial charge in [-0.1, -0.05) is 30.2 Å². The van der Waals surface area contributed by atoms with Crippen molar-refractivity contribution < 1.29 is 18.6 Å². The second-order valence-corrected chi connectivity index (χ2v) is 7.88. The van der Waals surface area contributed by atoms with Crippen LogP contribution in [0.4, 0.5) is 8.78 Å². The molecule has 0 amide bonds. The minimum Gasteiger partial charge on any atom is -0.490 e. The summed E-state index contributed by atoms with van der Waals surface area (Å²) in [6.45, 7) is 0.328. The zero-order valence-corrected chi connectivity index (χ0v) is 15.1. The molecule has 1 aliphatic carbocycles. The Morgan fingerprint density at radius 1 is 1.12 bits per heavy atom. The molecule has 0 spiro atoms. The van der Waals surface area contributed by atoms with Crippen LogP contribution in [0, 0.1) is 23.5 Å². The Morgan fingerprint density at radius 2 is 1.85 bits per heavy atom. The van der Waals surface area contributed by atoms with Gasteiger partial charge in [0.25, 0.3) is 0 Å². The zero-order chi connectivity index (χ0) is 18.3. The van der Waals surface area contributed by atoms with Gasteiger partial charge in [0.1, 0.15) is 5.82 Å². The highest BCUT2D eigenvalue weighted by atomic mass is 35.5. The minimum atomic E-state index is -0.584. The van der Waals surface area contributed by atoms with E-state index in [1.54, 1.807) is 0 Å². The van der Waals surface area contributed by atoms with Gasteiger partial charge in [-0.3, -0.25) is 0 Å². The van der Waals surface area contributed by atoms with Gasteiger partial charge in [0.05, 0.1) is 6.61 Å². The molecule has 1 saturated carbocycles. The lowest BCUT2D eigenvalue weighted by Gasteiger charge is -2.51. The molecule has 1 fully saturated rings.